The molecular weight excluding hydrogens is 230 g/mol. The van der Waals surface area contributed by atoms with Crippen molar-refractivity contribution in [2.75, 3.05) is 6.54 Å². The quantitative estimate of drug-likeness (QED) is 0.715. The number of halogens is 1. The predicted molar refractivity (Wildman–Crippen MR) is 76.7 cm³/mol. The van der Waals surface area contributed by atoms with Crippen molar-refractivity contribution in [1.82, 2.24) is 5.32 Å². The standard InChI is InChI=1S/C15H24ClN/c1-12(2)5-4-10-17-13(3)11-14-6-8-15(16)9-7-14/h6-9,12-13,17H,4-5,10-11H2,1-3H3. The zero-order valence-electron chi connectivity index (χ0n) is 11.2. The van der Waals surface area contributed by atoms with Crippen LogP contribution in [0.15, 0.2) is 24.3 Å². The lowest BCUT2D eigenvalue weighted by Gasteiger charge is -2.14. The minimum atomic E-state index is 0.531. The number of hydrogen-bond acceptors (Lipinski definition) is 1. The van der Waals surface area contributed by atoms with E-state index in [1.165, 1.54) is 18.4 Å². The van der Waals surface area contributed by atoms with Gasteiger partial charge in [-0.3, -0.25) is 0 Å². The Morgan fingerprint density at radius 3 is 2.35 bits per heavy atom. The Bertz CT molecular complexity index is 305. The largest absolute Gasteiger partial charge is 0.314 e. The van der Waals surface area contributed by atoms with Crippen molar-refractivity contribution in [1.29, 1.82) is 0 Å². The molecule has 1 aromatic rings. The molecule has 2 heteroatoms. The van der Waals surface area contributed by atoms with E-state index in [-0.39, 0.29) is 0 Å². The van der Waals surface area contributed by atoms with Crippen molar-refractivity contribution in [2.24, 2.45) is 5.92 Å². The topological polar surface area (TPSA) is 12.0 Å². The Kier molecular flexibility index (Phi) is 6.61. The van der Waals surface area contributed by atoms with Gasteiger partial charge >= 0.3 is 0 Å². The molecule has 1 rings (SSSR count). The third-order valence-electron chi connectivity index (χ3n) is 2.91. The molecule has 0 bridgehead atoms. The van der Waals surface area contributed by atoms with Crippen molar-refractivity contribution >= 4 is 11.6 Å². The molecule has 0 amide bonds. The molecule has 0 aromatic heterocycles. The van der Waals surface area contributed by atoms with Crippen molar-refractivity contribution in [3.63, 3.8) is 0 Å². The fraction of sp³-hybridized carbons (Fsp3) is 0.600. The van der Waals surface area contributed by atoms with Gasteiger partial charge in [0, 0.05) is 11.1 Å². The third kappa shape index (κ3) is 6.70. The molecule has 1 atom stereocenters. The van der Waals surface area contributed by atoms with Gasteiger partial charge in [-0.2, -0.15) is 0 Å². The highest BCUT2D eigenvalue weighted by atomic mass is 35.5. The molecule has 0 heterocycles. The van der Waals surface area contributed by atoms with E-state index >= 15 is 0 Å². The van der Waals surface area contributed by atoms with E-state index in [0.29, 0.717) is 6.04 Å². The fourth-order valence-electron chi connectivity index (χ4n) is 1.90. The molecular formula is C15H24ClN. The molecule has 0 aliphatic carbocycles. The first-order chi connectivity index (χ1) is 8.08. The average molecular weight is 254 g/mol. The van der Waals surface area contributed by atoms with Gasteiger partial charge in [0.25, 0.3) is 0 Å². The van der Waals surface area contributed by atoms with E-state index < -0.39 is 0 Å². The Labute approximate surface area is 111 Å². The van der Waals surface area contributed by atoms with E-state index in [9.17, 15) is 0 Å². The normalized spacial score (nSPS) is 13.0. The molecule has 1 nitrogen and oxygen atoms in total. The van der Waals surface area contributed by atoms with Crippen LogP contribution in [-0.4, -0.2) is 12.6 Å². The van der Waals surface area contributed by atoms with E-state index in [4.69, 9.17) is 11.6 Å². The summed E-state index contributed by atoms with van der Waals surface area (Å²) in [7, 11) is 0. The van der Waals surface area contributed by atoms with Gasteiger partial charge in [0.2, 0.25) is 0 Å². The molecule has 0 saturated heterocycles. The van der Waals surface area contributed by atoms with Crippen LogP contribution in [0.1, 0.15) is 39.2 Å². The van der Waals surface area contributed by atoms with Crippen LogP contribution in [0.2, 0.25) is 5.02 Å². The molecule has 1 aromatic carbocycles. The van der Waals surface area contributed by atoms with Crippen LogP contribution in [0.3, 0.4) is 0 Å². The molecule has 17 heavy (non-hydrogen) atoms. The van der Waals surface area contributed by atoms with Crippen molar-refractivity contribution < 1.29 is 0 Å². The number of hydrogen-bond donors (Lipinski definition) is 1. The lowest BCUT2D eigenvalue weighted by Crippen LogP contribution is -2.29. The van der Waals surface area contributed by atoms with Crippen LogP contribution < -0.4 is 5.32 Å². The molecule has 0 spiro atoms. The SMILES string of the molecule is CC(C)CCCNC(C)Cc1ccc(Cl)cc1. The second-order valence-electron chi connectivity index (χ2n) is 5.22. The maximum Gasteiger partial charge on any atom is 0.0406 e. The smallest absolute Gasteiger partial charge is 0.0406 e. The summed E-state index contributed by atoms with van der Waals surface area (Å²) in [5, 5.41) is 4.38. The summed E-state index contributed by atoms with van der Waals surface area (Å²) >= 11 is 5.86. The van der Waals surface area contributed by atoms with Gasteiger partial charge in [-0.1, -0.05) is 37.6 Å². The van der Waals surface area contributed by atoms with Crippen molar-refractivity contribution in [2.45, 2.75) is 46.1 Å². The van der Waals surface area contributed by atoms with Gasteiger partial charge < -0.3 is 5.32 Å². The summed E-state index contributed by atoms with van der Waals surface area (Å²) in [4.78, 5) is 0. The highest BCUT2D eigenvalue weighted by Gasteiger charge is 2.03. The Balaban J connectivity index is 2.20. The maximum absolute atomic E-state index is 5.86. The molecule has 0 radical (unpaired) electrons. The highest BCUT2D eigenvalue weighted by Crippen LogP contribution is 2.11. The summed E-state index contributed by atoms with van der Waals surface area (Å²) in [6, 6.07) is 8.66. The summed E-state index contributed by atoms with van der Waals surface area (Å²) in [5.74, 6) is 0.809. The van der Waals surface area contributed by atoms with E-state index in [1.54, 1.807) is 0 Å². The van der Waals surface area contributed by atoms with Crippen LogP contribution >= 0.6 is 11.6 Å². The fourth-order valence-corrected chi connectivity index (χ4v) is 2.03. The first kappa shape index (κ1) is 14.5. The third-order valence-corrected chi connectivity index (χ3v) is 3.16. The molecule has 0 aliphatic heterocycles. The zero-order chi connectivity index (χ0) is 12.7. The van der Waals surface area contributed by atoms with Gasteiger partial charge in [-0.25, -0.2) is 0 Å². The minimum Gasteiger partial charge on any atom is -0.314 e. The van der Waals surface area contributed by atoms with Gasteiger partial charge in [0.1, 0.15) is 0 Å². The number of nitrogens with one attached hydrogen (secondary N) is 1. The number of benzene rings is 1. The molecule has 0 saturated carbocycles. The highest BCUT2D eigenvalue weighted by molar-refractivity contribution is 6.30. The monoisotopic (exact) mass is 253 g/mol. The van der Waals surface area contributed by atoms with Crippen LogP contribution in [0, 0.1) is 5.92 Å². The second kappa shape index (κ2) is 7.73. The molecule has 1 N–H and O–H groups in total. The molecule has 0 aliphatic rings. The number of rotatable bonds is 7. The van der Waals surface area contributed by atoms with E-state index in [0.717, 1.165) is 23.9 Å². The average Bonchev–Trinajstić information content (AvgIpc) is 2.27. The van der Waals surface area contributed by atoms with E-state index in [1.807, 2.05) is 12.1 Å². The van der Waals surface area contributed by atoms with Gasteiger partial charge in [0.05, 0.1) is 0 Å². The molecule has 96 valence electrons. The maximum atomic E-state index is 5.86. The minimum absolute atomic E-state index is 0.531. The van der Waals surface area contributed by atoms with Crippen molar-refractivity contribution in [3.05, 3.63) is 34.9 Å². The first-order valence-electron chi connectivity index (χ1n) is 6.55. The summed E-state index contributed by atoms with van der Waals surface area (Å²) in [6.07, 6.45) is 3.64. The Morgan fingerprint density at radius 1 is 1.12 bits per heavy atom. The summed E-state index contributed by atoms with van der Waals surface area (Å²) < 4.78 is 0. The van der Waals surface area contributed by atoms with Crippen molar-refractivity contribution in [3.8, 4) is 0 Å². The lowest BCUT2D eigenvalue weighted by atomic mass is 10.1. The van der Waals surface area contributed by atoms with Gasteiger partial charge in [-0.05, 0) is 56.3 Å². The van der Waals surface area contributed by atoms with Crippen LogP contribution in [-0.2, 0) is 6.42 Å². The first-order valence-corrected chi connectivity index (χ1v) is 6.93. The Hall–Kier alpha value is -0.530. The van der Waals surface area contributed by atoms with E-state index in [2.05, 4.69) is 38.2 Å². The second-order valence-corrected chi connectivity index (χ2v) is 5.66. The summed E-state index contributed by atoms with van der Waals surface area (Å²) in [5.41, 5.74) is 1.35. The van der Waals surface area contributed by atoms with Gasteiger partial charge in [0.15, 0.2) is 0 Å². The molecule has 0 fully saturated rings. The van der Waals surface area contributed by atoms with Crippen LogP contribution in [0.4, 0.5) is 0 Å². The Morgan fingerprint density at radius 2 is 1.76 bits per heavy atom. The zero-order valence-corrected chi connectivity index (χ0v) is 11.9. The van der Waals surface area contributed by atoms with Crippen LogP contribution in [0.25, 0.3) is 0 Å². The van der Waals surface area contributed by atoms with Gasteiger partial charge in [-0.15, -0.1) is 0 Å². The summed E-state index contributed by atoms with van der Waals surface area (Å²) in [6.45, 7) is 7.91. The predicted octanol–water partition coefficient (Wildman–Crippen LogP) is 4.30. The molecule has 1 unspecified atom stereocenters. The lowest BCUT2D eigenvalue weighted by molar-refractivity contribution is 0.487. The van der Waals surface area contributed by atoms with Crippen LogP contribution in [0.5, 0.6) is 0 Å².